The Labute approximate surface area is 208 Å². The minimum Gasteiger partial charge on any atom is -0.438 e. The molecule has 0 aliphatic rings. The van der Waals surface area contributed by atoms with Crippen LogP contribution in [0.1, 0.15) is 39.0 Å². The molecule has 3 aromatic rings. The van der Waals surface area contributed by atoms with Gasteiger partial charge in [0.1, 0.15) is 11.6 Å². The molecule has 35 heavy (non-hydrogen) atoms. The maximum absolute atomic E-state index is 13.9. The summed E-state index contributed by atoms with van der Waals surface area (Å²) in [5.41, 5.74) is 2.57. The van der Waals surface area contributed by atoms with E-state index in [2.05, 4.69) is 32.6 Å². The molecule has 0 fully saturated rings. The molecule has 1 heterocycles. The van der Waals surface area contributed by atoms with E-state index in [9.17, 15) is 9.50 Å². The van der Waals surface area contributed by atoms with Crippen LogP contribution in [0.4, 0.5) is 4.39 Å². The topological polar surface area (TPSA) is 59.8 Å². The molecule has 2 aromatic carbocycles. The second kappa shape index (κ2) is 12.8. The van der Waals surface area contributed by atoms with Crippen molar-refractivity contribution in [3.05, 3.63) is 71.7 Å². The van der Waals surface area contributed by atoms with Crippen LogP contribution in [0, 0.1) is 24.6 Å². The molecule has 1 atom stereocenters. The first-order valence-corrected chi connectivity index (χ1v) is 12.3. The Morgan fingerprint density at radius 3 is 2.37 bits per heavy atom. The number of aryl methyl sites for hydroxylation is 1. The number of aliphatic hydroxyl groups excluding tert-OH is 1. The summed E-state index contributed by atoms with van der Waals surface area (Å²) in [6.45, 7) is 13.1. The predicted octanol–water partition coefficient (Wildman–Crippen LogP) is 5.60. The molecule has 0 radical (unpaired) electrons. The van der Waals surface area contributed by atoms with Crippen molar-refractivity contribution in [2.75, 3.05) is 26.3 Å². The molecule has 190 valence electrons. The summed E-state index contributed by atoms with van der Waals surface area (Å²) in [6, 6.07) is 15.8. The Morgan fingerprint density at radius 2 is 1.71 bits per heavy atom. The van der Waals surface area contributed by atoms with Gasteiger partial charge in [-0.3, -0.25) is 4.90 Å². The van der Waals surface area contributed by atoms with Crippen LogP contribution in [0.5, 0.6) is 11.6 Å². The van der Waals surface area contributed by atoms with Crippen LogP contribution in [0.25, 0.3) is 5.69 Å². The minimum atomic E-state index is -0.607. The van der Waals surface area contributed by atoms with Crippen molar-refractivity contribution < 1.29 is 19.0 Å². The third kappa shape index (κ3) is 8.16. The molecule has 1 unspecified atom stereocenters. The number of aliphatic hydroxyl groups is 1. The summed E-state index contributed by atoms with van der Waals surface area (Å²) in [5, 5.41) is 15.4. The van der Waals surface area contributed by atoms with Gasteiger partial charge in [-0.15, -0.1) is 0 Å². The SMILES string of the molecule is Cc1nn(-c2ccccc2)c(Oc2cccc(F)c2)c1CN(CC(C)C)CC(O)COCC(C)C. The lowest BCUT2D eigenvalue weighted by Gasteiger charge is -2.27. The van der Waals surface area contributed by atoms with E-state index < -0.39 is 6.10 Å². The van der Waals surface area contributed by atoms with Crippen molar-refractivity contribution in [2.24, 2.45) is 11.8 Å². The Hall–Kier alpha value is -2.74. The summed E-state index contributed by atoms with van der Waals surface area (Å²) >= 11 is 0. The molecule has 3 rings (SSSR count). The van der Waals surface area contributed by atoms with Crippen molar-refractivity contribution in [3.8, 4) is 17.3 Å². The molecular weight excluding hydrogens is 445 g/mol. The molecule has 0 bridgehead atoms. The van der Waals surface area contributed by atoms with E-state index in [0.29, 0.717) is 49.8 Å². The lowest BCUT2D eigenvalue weighted by Crippen LogP contribution is -2.37. The van der Waals surface area contributed by atoms with Gasteiger partial charge < -0.3 is 14.6 Å². The van der Waals surface area contributed by atoms with Gasteiger partial charge in [0.25, 0.3) is 0 Å². The van der Waals surface area contributed by atoms with Gasteiger partial charge in [0, 0.05) is 32.3 Å². The highest BCUT2D eigenvalue weighted by Crippen LogP contribution is 2.32. The van der Waals surface area contributed by atoms with E-state index in [-0.39, 0.29) is 5.82 Å². The number of ether oxygens (including phenoxy) is 2. The van der Waals surface area contributed by atoms with E-state index in [1.807, 2.05) is 37.3 Å². The smallest absolute Gasteiger partial charge is 0.227 e. The van der Waals surface area contributed by atoms with Crippen LogP contribution in [0.15, 0.2) is 54.6 Å². The average Bonchev–Trinajstić information content (AvgIpc) is 3.08. The summed E-state index contributed by atoms with van der Waals surface area (Å²) in [6.07, 6.45) is -0.607. The number of hydrogen-bond acceptors (Lipinski definition) is 5. The van der Waals surface area contributed by atoms with Gasteiger partial charge in [0.05, 0.1) is 29.7 Å². The fourth-order valence-electron chi connectivity index (χ4n) is 3.95. The number of para-hydroxylation sites is 1. The van der Waals surface area contributed by atoms with Crippen LogP contribution in [-0.4, -0.2) is 52.2 Å². The molecule has 0 saturated carbocycles. The first kappa shape index (κ1) is 26.9. The predicted molar refractivity (Wildman–Crippen MR) is 137 cm³/mol. The second-order valence-corrected chi connectivity index (χ2v) is 9.85. The Balaban J connectivity index is 1.90. The molecule has 0 amide bonds. The molecule has 7 heteroatoms. The van der Waals surface area contributed by atoms with Crippen molar-refractivity contribution in [3.63, 3.8) is 0 Å². The van der Waals surface area contributed by atoms with Crippen molar-refractivity contribution in [1.29, 1.82) is 0 Å². The number of nitrogens with zero attached hydrogens (tertiary/aromatic N) is 3. The first-order valence-electron chi connectivity index (χ1n) is 12.3. The summed E-state index contributed by atoms with van der Waals surface area (Å²) in [7, 11) is 0. The van der Waals surface area contributed by atoms with Gasteiger partial charge in [-0.25, -0.2) is 9.07 Å². The summed E-state index contributed by atoms with van der Waals surface area (Å²) in [5.74, 6) is 1.40. The lowest BCUT2D eigenvalue weighted by atomic mass is 10.1. The third-order valence-electron chi connectivity index (χ3n) is 5.38. The van der Waals surface area contributed by atoms with Crippen molar-refractivity contribution >= 4 is 0 Å². The fraction of sp³-hybridized carbons (Fsp3) is 0.464. The standard InChI is InChI=1S/C28H38FN3O3/c1-20(2)15-31(16-25(33)19-34-18-21(3)4)17-27-22(5)30-32(24-11-7-6-8-12-24)28(27)35-26-13-9-10-23(29)14-26/h6-14,20-21,25,33H,15-19H2,1-5H3. The largest absolute Gasteiger partial charge is 0.438 e. The van der Waals surface area contributed by atoms with Crippen LogP contribution in [-0.2, 0) is 11.3 Å². The monoisotopic (exact) mass is 483 g/mol. The minimum absolute atomic E-state index is 0.293. The number of benzene rings is 2. The number of halogens is 1. The number of rotatable bonds is 13. The highest BCUT2D eigenvalue weighted by molar-refractivity contribution is 5.43. The zero-order chi connectivity index (χ0) is 25.4. The van der Waals surface area contributed by atoms with E-state index in [0.717, 1.165) is 23.5 Å². The van der Waals surface area contributed by atoms with Gasteiger partial charge >= 0.3 is 0 Å². The summed E-state index contributed by atoms with van der Waals surface area (Å²) in [4.78, 5) is 2.20. The average molecular weight is 484 g/mol. The van der Waals surface area contributed by atoms with Gasteiger partial charge in [0.15, 0.2) is 0 Å². The van der Waals surface area contributed by atoms with Crippen LogP contribution >= 0.6 is 0 Å². The van der Waals surface area contributed by atoms with Gasteiger partial charge in [0.2, 0.25) is 5.88 Å². The quantitative estimate of drug-likeness (QED) is 0.343. The zero-order valence-corrected chi connectivity index (χ0v) is 21.4. The Morgan fingerprint density at radius 1 is 0.971 bits per heavy atom. The molecule has 1 N–H and O–H groups in total. The lowest BCUT2D eigenvalue weighted by molar-refractivity contribution is 0.00511. The van der Waals surface area contributed by atoms with E-state index in [4.69, 9.17) is 14.6 Å². The summed E-state index contributed by atoms with van der Waals surface area (Å²) < 4.78 is 27.6. The molecule has 0 aliphatic carbocycles. The number of aromatic nitrogens is 2. The molecule has 0 spiro atoms. The highest BCUT2D eigenvalue weighted by atomic mass is 19.1. The maximum atomic E-state index is 13.9. The van der Waals surface area contributed by atoms with Gasteiger partial charge in [-0.2, -0.15) is 5.10 Å². The number of hydrogen-bond donors (Lipinski definition) is 1. The molecular formula is C28H38FN3O3. The van der Waals surface area contributed by atoms with Crippen molar-refractivity contribution in [1.82, 2.24) is 14.7 Å². The highest BCUT2D eigenvalue weighted by Gasteiger charge is 2.23. The Kier molecular flexibility index (Phi) is 9.83. The molecule has 1 aromatic heterocycles. The van der Waals surface area contributed by atoms with Crippen LogP contribution < -0.4 is 4.74 Å². The van der Waals surface area contributed by atoms with E-state index in [1.54, 1.807) is 16.8 Å². The zero-order valence-electron chi connectivity index (χ0n) is 21.4. The van der Waals surface area contributed by atoms with Gasteiger partial charge in [-0.05, 0) is 43.0 Å². The first-order chi connectivity index (χ1) is 16.7. The second-order valence-electron chi connectivity index (χ2n) is 9.85. The van der Waals surface area contributed by atoms with Crippen molar-refractivity contribution in [2.45, 2.75) is 47.3 Å². The maximum Gasteiger partial charge on any atom is 0.227 e. The molecule has 6 nitrogen and oxygen atoms in total. The van der Waals surface area contributed by atoms with Crippen LogP contribution in [0.2, 0.25) is 0 Å². The molecule has 0 saturated heterocycles. The Bertz CT molecular complexity index is 1050. The normalized spacial score (nSPS) is 12.6. The van der Waals surface area contributed by atoms with Gasteiger partial charge in [-0.1, -0.05) is 52.0 Å². The van der Waals surface area contributed by atoms with Crippen LogP contribution in [0.3, 0.4) is 0 Å². The van der Waals surface area contributed by atoms with E-state index in [1.165, 1.54) is 12.1 Å². The molecule has 0 aliphatic heterocycles. The fourth-order valence-corrected chi connectivity index (χ4v) is 3.95. The van der Waals surface area contributed by atoms with E-state index >= 15 is 0 Å². The third-order valence-corrected chi connectivity index (χ3v) is 5.38.